The zero-order valence-electron chi connectivity index (χ0n) is 17.0. The Kier molecular flexibility index (Phi) is 4.89. The lowest BCUT2D eigenvalue weighted by Gasteiger charge is -2.26. The zero-order valence-corrected chi connectivity index (χ0v) is 17.0. The van der Waals surface area contributed by atoms with Crippen molar-refractivity contribution in [2.45, 2.75) is 38.3 Å². The molecule has 1 aliphatic carbocycles. The molecule has 3 heterocycles. The fourth-order valence-electron chi connectivity index (χ4n) is 4.11. The third-order valence-electron chi connectivity index (χ3n) is 5.66. The number of hydrogen-bond acceptors (Lipinski definition) is 6. The summed E-state index contributed by atoms with van der Waals surface area (Å²) in [6.45, 7) is 2.01. The van der Waals surface area contributed by atoms with Gasteiger partial charge < -0.3 is 5.32 Å². The highest BCUT2D eigenvalue weighted by molar-refractivity contribution is 5.79. The van der Waals surface area contributed by atoms with Crippen LogP contribution < -0.4 is 10.9 Å². The lowest BCUT2D eigenvalue weighted by atomic mass is 10.1. The highest BCUT2D eigenvalue weighted by Crippen LogP contribution is 2.31. The quantitative estimate of drug-likeness (QED) is 0.674. The van der Waals surface area contributed by atoms with Gasteiger partial charge >= 0.3 is 0 Å². The van der Waals surface area contributed by atoms with Gasteiger partial charge in [0.1, 0.15) is 29.2 Å². The van der Waals surface area contributed by atoms with Crippen molar-refractivity contribution in [3.05, 3.63) is 76.4 Å². The van der Waals surface area contributed by atoms with Crippen LogP contribution in [0.5, 0.6) is 0 Å². The van der Waals surface area contributed by atoms with Crippen LogP contribution in [0.2, 0.25) is 0 Å². The second-order valence-electron chi connectivity index (χ2n) is 7.54. The molecule has 156 valence electrons. The standard InChI is InChI=1S/C23H21FN6O/c1-2-17(28-21-15-11-12-25-20(15)26-13-27-21)22-29-18-10-6-9-16(24)19(18)23(31)30(22)14-7-4-3-5-8-14/h3-7,9-10,12-14,17H,2,8,11H2,1H3,(H,26,27,28)/t14?,17-/m0/s1. The van der Waals surface area contributed by atoms with Crippen LogP contribution in [0, 0.1) is 5.82 Å². The van der Waals surface area contributed by atoms with Crippen molar-refractivity contribution in [1.29, 1.82) is 0 Å². The van der Waals surface area contributed by atoms with E-state index in [4.69, 9.17) is 4.98 Å². The molecule has 0 spiro atoms. The molecule has 1 N–H and O–H groups in total. The van der Waals surface area contributed by atoms with Crippen molar-refractivity contribution >= 4 is 28.8 Å². The number of nitrogens with zero attached hydrogens (tertiary/aromatic N) is 5. The molecular weight excluding hydrogens is 395 g/mol. The molecule has 8 heteroatoms. The van der Waals surface area contributed by atoms with E-state index < -0.39 is 5.82 Å². The van der Waals surface area contributed by atoms with E-state index in [2.05, 4.69) is 20.3 Å². The molecule has 2 aromatic heterocycles. The summed E-state index contributed by atoms with van der Waals surface area (Å²) in [4.78, 5) is 31.1. The molecular formula is C23H21FN6O. The summed E-state index contributed by atoms with van der Waals surface area (Å²) in [7, 11) is 0. The summed E-state index contributed by atoms with van der Waals surface area (Å²) >= 11 is 0. The van der Waals surface area contributed by atoms with Crippen LogP contribution >= 0.6 is 0 Å². The molecule has 0 bridgehead atoms. The maximum Gasteiger partial charge on any atom is 0.265 e. The fourth-order valence-corrected chi connectivity index (χ4v) is 4.11. The van der Waals surface area contributed by atoms with E-state index in [1.54, 1.807) is 22.9 Å². The molecule has 1 aromatic carbocycles. The summed E-state index contributed by atoms with van der Waals surface area (Å²) in [6, 6.07) is 4.00. The van der Waals surface area contributed by atoms with E-state index in [0.29, 0.717) is 42.2 Å². The average molecular weight is 416 g/mol. The Morgan fingerprint density at radius 3 is 3.00 bits per heavy atom. The largest absolute Gasteiger partial charge is 0.360 e. The monoisotopic (exact) mass is 416 g/mol. The van der Waals surface area contributed by atoms with Crippen LogP contribution in [0.25, 0.3) is 10.9 Å². The molecule has 5 rings (SSSR count). The van der Waals surface area contributed by atoms with Gasteiger partial charge in [-0.05, 0) is 25.0 Å². The zero-order chi connectivity index (χ0) is 21.4. The highest BCUT2D eigenvalue weighted by Gasteiger charge is 2.26. The first-order valence-electron chi connectivity index (χ1n) is 10.3. The van der Waals surface area contributed by atoms with Gasteiger partial charge in [0.2, 0.25) is 0 Å². The Bertz CT molecular complexity index is 1310. The predicted octanol–water partition coefficient (Wildman–Crippen LogP) is 4.20. The van der Waals surface area contributed by atoms with Gasteiger partial charge in [-0.2, -0.15) is 0 Å². The minimum Gasteiger partial charge on any atom is -0.360 e. The molecule has 2 atom stereocenters. The molecule has 0 amide bonds. The Morgan fingerprint density at radius 2 is 2.19 bits per heavy atom. The van der Waals surface area contributed by atoms with Crippen LogP contribution in [0.1, 0.15) is 43.2 Å². The number of anilines is 1. The molecule has 0 saturated heterocycles. The fraction of sp³-hybridized carbons (Fsp3) is 0.261. The van der Waals surface area contributed by atoms with E-state index in [0.717, 1.165) is 5.56 Å². The molecule has 0 radical (unpaired) electrons. The first kappa shape index (κ1) is 19.3. The lowest BCUT2D eigenvalue weighted by Crippen LogP contribution is -2.32. The number of benzene rings is 1. The third kappa shape index (κ3) is 3.34. The molecule has 1 unspecified atom stereocenters. The average Bonchev–Trinajstić information content (AvgIpc) is 3.27. The SMILES string of the molecule is CC[C@H](Nc1ncnc2c1CC=N2)c1nc2cccc(F)c2c(=O)n1C1C=CC=CC1. The van der Waals surface area contributed by atoms with Gasteiger partial charge in [0.15, 0.2) is 5.82 Å². The van der Waals surface area contributed by atoms with Crippen molar-refractivity contribution in [1.82, 2.24) is 19.5 Å². The molecule has 7 nitrogen and oxygen atoms in total. The van der Waals surface area contributed by atoms with E-state index >= 15 is 0 Å². The summed E-state index contributed by atoms with van der Waals surface area (Å²) < 4.78 is 16.2. The van der Waals surface area contributed by atoms with Crippen LogP contribution in [0.3, 0.4) is 0 Å². The lowest BCUT2D eigenvalue weighted by molar-refractivity contribution is 0.515. The number of nitrogens with one attached hydrogen (secondary N) is 1. The predicted molar refractivity (Wildman–Crippen MR) is 118 cm³/mol. The summed E-state index contributed by atoms with van der Waals surface area (Å²) in [5.41, 5.74) is 0.893. The number of fused-ring (bicyclic) bond motifs is 2. The van der Waals surface area contributed by atoms with Crippen molar-refractivity contribution in [3.8, 4) is 0 Å². The Morgan fingerprint density at radius 1 is 1.29 bits per heavy atom. The number of halogens is 1. The van der Waals surface area contributed by atoms with Gasteiger partial charge in [0.05, 0.1) is 17.6 Å². The smallest absolute Gasteiger partial charge is 0.265 e. The minimum atomic E-state index is -0.558. The number of hydrogen-bond donors (Lipinski definition) is 1. The van der Waals surface area contributed by atoms with E-state index in [1.165, 1.54) is 12.4 Å². The van der Waals surface area contributed by atoms with Crippen LogP contribution in [-0.4, -0.2) is 25.7 Å². The first-order chi connectivity index (χ1) is 15.2. The summed E-state index contributed by atoms with van der Waals surface area (Å²) in [6.07, 6.45) is 13.0. The Labute approximate surface area is 178 Å². The topological polar surface area (TPSA) is 85.1 Å². The molecule has 0 fully saturated rings. The van der Waals surface area contributed by atoms with Gasteiger partial charge in [-0.3, -0.25) is 9.36 Å². The second-order valence-corrected chi connectivity index (χ2v) is 7.54. The highest BCUT2D eigenvalue weighted by atomic mass is 19.1. The number of aliphatic imine (C=N–C) groups is 1. The summed E-state index contributed by atoms with van der Waals surface area (Å²) in [5.74, 6) is 1.33. The van der Waals surface area contributed by atoms with Gasteiger partial charge in [-0.25, -0.2) is 24.3 Å². The van der Waals surface area contributed by atoms with Gasteiger partial charge in [-0.1, -0.05) is 37.3 Å². The van der Waals surface area contributed by atoms with Crippen molar-refractivity contribution < 1.29 is 4.39 Å². The van der Waals surface area contributed by atoms with Crippen molar-refractivity contribution in [2.24, 2.45) is 4.99 Å². The van der Waals surface area contributed by atoms with E-state index in [1.807, 2.05) is 31.2 Å². The molecule has 0 saturated carbocycles. The van der Waals surface area contributed by atoms with Gasteiger partial charge in [0.25, 0.3) is 5.56 Å². The number of allylic oxidation sites excluding steroid dienone is 4. The number of aromatic nitrogens is 4. The van der Waals surface area contributed by atoms with Gasteiger partial charge in [0, 0.05) is 18.2 Å². The third-order valence-corrected chi connectivity index (χ3v) is 5.66. The summed E-state index contributed by atoms with van der Waals surface area (Å²) in [5, 5.41) is 3.46. The van der Waals surface area contributed by atoms with Crippen LogP contribution in [0.15, 0.2) is 58.6 Å². The second kappa shape index (κ2) is 7.86. The molecule has 2 aliphatic rings. The minimum absolute atomic E-state index is 0.0142. The van der Waals surface area contributed by atoms with Crippen molar-refractivity contribution in [2.75, 3.05) is 5.32 Å². The molecule has 1 aliphatic heterocycles. The van der Waals surface area contributed by atoms with Crippen LogP contribution in [0.4, 0.5) is 16.0 Å². The molecule has 3 aromatic rings. The van der Waals surface area contributed by atoms with Gasteiger partial charge in [-0.15, -0.1) is 0 Å². The number of rotatable bonds is 5. The van der Waals surface area contributed by atoms with E-state index in [9.17, 15) is 9.18 Å². The van der Waals surface area contributed by atoms with Crippen LogP contribution in [-0.2, 0) is 6.42 Å². The van der Waals surface area contributed by atoms with E-state index in [-0.39, 0.29) is 23.0 Å². The Hall–Kier alpha value is -3.68. The first-order valence-corrected chi connectivity index (χ1v) is 10.3. The van der Waals surface area contributed by atoms with Crippen molar-refractivity contribution in [3.63, 3.8) is 0 Å². The maximum atomic E-state index is 14.6. The molecule has 31 heavy (non-hydrogen) atoms. The Balaban J connectivity index is 1.67. The maximum absolute atomic E-state index is 14.6. The normalized spacial score (nSPS) is 17.8.